The summed E-state index contributed by atoms with van der Waals surface area (Å²) in [6.45, 7) is 0. The lowest BCUT2D eigenvalue weighted by Crippen LogP contribution is -1.93. The number of carboxylic acids is 1. The summed E-state index contributed by atoms with van der Waals surface area (Å²) in [6.07, 6.45) is 5.36. The van der Waals surface area contributed by atoms with Gasteiger partial charge in [-0.15, -0.1) is 0 Å². The minimum atomic E-state index is -1.03. The number of benzene rings is 1. The summed E-state index contributed by atoms with van der Waals surface area (Å²) in [4.78, 5) is 18.4. The number of aromatic nitrogens is 2. The second kappa shape index (κ2) is 6.33. The van der Waals surface area contributed by atoms with Gasteiger partial charge in [0.25, 0.3) is 0 Å². The summed E-state index contributed by atoms with van der Waals surface area (Å²) in [5, 5.41) is 8.51. The Morgan fingerprint density at radius 1 is 1.25 bits per heavy atom. The molecule has 1 N–H and O–H groups in total. The van der Waals surface area contributed by atoms with E-state index in [-0.39, 0.29) is 6.01 Å². The van der Waals surface area contributed by atoms with Crippen molar-refractivity contribution < 1.29 is 19.4 Å². The zero-order valence-electron chi connectivity index (χ0n) is 10.7. The van der Waals surface area contributed by atoms with Crippen LogP contribution in [0.25, 0.3) is 6.08 Å². The van der Waals surface area contributed by atoms with Gasteiger partial charge < -0.3 is 14.6 Å². The van der Waals surface area contributed by atoms with E-state index in [1.165, 1.54) is 18.5 Å². The van der Waals surface area contributed by atoms with E-state index in [4.69, 9.17) is 14.6 Å². The Morgan fingerprint density at radius 2 is 1.95 bits per heavy atom. The second-order valence-electron chi connectivity index (χ2n) is 3.75. The molecule has 6 nitrogen and oxygen atoms in total. The fourth-order valence-corrected chi connectivity index (χ4v) is 1.40. The molecule has 102 valence electrons. The summed E-state index contributed by atoms with van der Waals surface area (Å²) < 4.78 is 10.5. The van der Waals surface area contributed by atoms with E-state index in [9.17, 15) is 4.79 Å². The lowest BCUT2D eigenvalue weighted by Gasteiger charge is -2.05. The average molecular weight is 272 g/mol. The van der Waals surface area contributed by atoms with Gasteiger partial charge in [0.1, 0.15) is 11.5 Å². The first kappa shape index (κ1) is 13.5. The molecule has 0 aliphatic heterocycles. The highest BCUT2D eigenvalue weighted by atomic mass is 16.5. The summed E-state index contributed by atoms with van der Waals surface area (Å²) in [6, 6.07) is 7.22. The van der Waals surface area contributed by atoms with Crippen LogP contribution in [0.15, 0.2) is 42.7 Å². The van der Waals surface area contributed by atoms with Crippen molar-refractivity contribution in [2.75, 3.05) is 7.11 Å². The predicted molar refractivity (Wildman–Crippen MR) is 71.8 cm³/mol. The van der Waals surface area contributed by atoms with Gasteiger partial charge >= 0.3 is 12.0 Å². The summed E-state index contributed by atoms with van der Waals surface area (Å²) in [7, 11) is 1.57. The van der Waals surface area contributed by atoms with E-state index in [0.717, 1.165) is 6.08 Å². The van der Waals surface area contributed by atoms with Gasteiger partial charge in [0, 0.05) is 30.1 Å². The molecule has 20 heavy (non-hydrogen) atoms. The minimum absolute atomic E-state index is 0.172. The van der Waals surface area contributed by atoms with Crippen molar-refractivity contribution in [2.45, 2.75) is 0 Å². The summed E-state index contributed by atoms with van der Waals surface area (Å²) in [5.41, 5.74) is 0.574. The Kier molecular flexibility index (Phi) is 4.28. The van der Waals surface area contributed by atoms with Crippen molar-refractivity contribution in [3.8, 4) is 17.5 Å². The molecule has 0 saturated heterocycles. The van der Waals surface area contributed by atoms with Gasteiger partial charge in [0.05, 0.1) is 7.11 Å². The Balaban J connectivity index is 2.08. The fraction of sp³-hybridized carbons (Fsp3) is 0.0714. The van der Waals surface area contributed by atoms with Crippen LogP contribution in [0.4, 0.5) is 0 Å². The third-order valence-electron chi connectivity index (χ3n) is 2.32. The largest absolute Gasteiger partial charge is 0.497 e. The Hall–Kier alpha value is -2.89. The number of hydrogen-bond acceptors (Lipinski definition) is 5. The Labute approximate surface area is 115 Å². The highest BCUT2D eigenvalue weighted by Gasteiger charge is 2.01. The maximum atomic E-state index is 10.4. The topological polar surface area (TPSA) is 81.5 Å². The molecule has 0 aliphatic rings. The first-order chi connectivity index (χ1) is 9.67. The number of aliphatic carboxylic acids is 1. The number of hydrogen-bond donors (Lipinski definition) is 1. The third kappa shape index (κ3) is 3.81. The van der Waals surface area contributed by atoms with Crippen molar-refractivity contribution in [2.24, 2.45) is 0 Å². The van der Waals surface area contributed by atoms with Crippen molar-refractivity contribution >= 4 is 12.0 Å². The van der Waals surface area contributed by atoms with Crippen LogP contribution in [0.1, 0.15) is 5.56 Å². The molecule has 0 amide bonds. The number of nitrogens with zero attached hydrogens (tertiary/aromatic N) is 2. The maximum Gasteiger partial charge on any atom is 0.328 e. The van der Waals surface area contributed by atoms with Gasteiger partial charge in [-0.2, -0.15) is 0 Å². The maximum absolute atomic E-state index is 10.4. The Bertz CT molecular complexity index is 623. The summed E-state index contributed by atoms with van der Waals surface area (Å²) in [5.74, 6) is 0.198. The number of carboxylic acid groups (broad SMARTS) is 1. The molecular weight excluding hydrogens is 260 g/mol. The normalized spacial score (nSPS) is 10.4. The van der Waals surface area contributed by atoms with Crippen molar-refractivity contribution in [1.29, 1.82) is 0 Å². The first-order valence-electron chi connectivity index (χ1n) is 5.72. The SMILES string of the molecule is COc1cccc(Oc2ncc(/C=C/C(=O)O)cn2)c1. The van der Waals surface area contributed by atoms with E-state index in [1.54, 1.807) is 31.4 Å². The van der Waals surface area contributed by atoms with Gasteiger partial charge in [-0.3, -0.25) is 0 Å². The van der Waals surface area contributed by atoms with E-state index in [0.29, 0.717) is 17.1 Å². The molecule has 0 fully saturated rings. The molecule has 0 atom stereocenters. The van der Waals surface area contributed by atoms with Crippen LogP contribution in [0.2, 0.25) is 0 Å². The smallest absolute Gasteiger partial charge is 0.328 e. The average Bonchev–Trinajstić information content (AvgIpc) is 2.47. The van der Waals surface area contributed by atoms with Crippen LogP contribution in [0.3, 0.4) is 0 Å². The van der Waals surface area contributed by atoms with Crippen LogP contribution in [-0.2, 0) is 4.79 Å². The third-order valence-corrected chi connectivity index (χ3v) is 2.32. The molecule has 0 radical (unpaired) electrons. The van der Waals surface area contributed by atoms with Crippen LogP contribution in [-0.4, -0.2) is 28.2 Å². The number of carbonyl (C=O) groups is 1. The highest BCUT2D eigenvalue weighted by molar-refractivity contribution is 5.85. The van der Waals surface area contributed by atoms with Crippen LogP contribution in [0.5, 0.6) is 17.5 Å². The van der Waals surface area contributed by atoms with Gasteiger partial charge in [-0.05, 0) is 18.2 Å². The van der Waals surface area contributed by atoms with E-state index in [2.05, 4.69) is 9.97 Å². The molecule has 0 unspecified atom stereocenters. The van der Waals surface area contributed by atoms with E-state index >= 15 is 0 Å². The van der Waals surface area contributed by atoms with Crippen LogP contribution < -0.4 is 9.47 Å². The molecule has 2 rings (SSSR count). The van der Waals surface area contributed by atoms with Crippen LogP contribution in [0, 0.1) is 0 Å². The van der Waals surface area contributed by atoms with Crippen molar-refractivity contribution in [3.05, 3.63) is 48.3 Å². The van der Waals surface area contributed by atoms with Gasteiger partial charge in [0.2, 0.25) is 0 Å². The molecule has 1 aromatic carbocycles. The van der Waals surface area contributed by atoms with Crippen molar-refractivity contribution in [1.82, 2.24) is 9.97 Å². The molecule has 0 saturated carbocycles. The lowest BCUT2D eigenvalue weighted by molar-refractivity contribution is -0.131. The zero-order valence-corrected chi connectivity index (χ0v) is 10.7. The van der Waals surface area contributed by atoms with Gasteiger partial charge in [-0.1, -0.05) is 6.07 Å². The predicted octanol–water partition coefficient (Wildman–Crippen LogP) is 2.38. The molecule has 0 spiro atoms. The molecule has 6 heteroatoms. The zero-order chi connectivity index (χ0) is 14.4. The van der Waals surface area contributed by atoms with E-state index < -0.39 is 5.97 Å². The Morgan fingerprint density at radius 3 is 2.60 bits per heavy atom. The molecule has 1 aromatic heterocycles. The quantitative estimate of drug-likeness (QED) is 0.841. The number of rotatable bonds is 5. The monoisotopic (exact) mass is 272 g/mol. The second-order valence-corrected chi connectivity index (χ2v) is 3.75. The van der Waals surface area contributed by atoms with Crippen molar-refractivity contribution in [3.63, 3.8) is 0 Å². The number of methoxy groups -OCH3 is 1. The minimum Gasteiger partial charge on any atom is -0.497 e. The lowest BCUT2D eigenvalue weighted by atomic mass is 10.3. The molecule has 0 aliphatic carbocycles. The number of ether oxygens (including phenoxy) is 2. The fourth-order valence-electron chi connectivity index (χ4n) is 1.40. The molecule has 2 aromatic rings. The molecular formula is C14H12N2O4. The highest BCUT2D eigenvalue weighted by Crippen LogP contribution is 2.22. The molecule has 1 heterocycles. The first-order valence-corrected chi connectivity index (χ1v) is 5.72. The molecule has 0 bridgehead atoms. The van der Waals surface area contributed by atoms with Gasteiger partial charge in [0.15, 0.2) is 0 Å². The van der Waals surface area contributed by atoms with E-state index in [1.807, 2.05) is 0 Å². The summed E-state index contributed by atoms with van der Waals surface area (Å²) >= 11 is 0. The van der Waals surface area contributed by atoms with Crippen LogP contribution >= 0.6 is 0 Å². The van der Waals surface area contributed by atoms with Gasteiger partial charge in [-0.25, -0.2) is 14.8 Å². The standard InChI is InChI=1S/C14H12N2O4/c1-19-11-3-2-4-12(7-11)20-14-15-8-10(9-16-14)5-6-13(17)18/h2-9H,1H3,(H,17,18)/b6-5+.